The maximum absolute atomic E-state index is 11.9. The van der Waals surface area contributed by atoms with Gasteiger partial charge >= 0.3 is 0 Å². The Morgan fingerprint density at radius 1 is 1.08 bits per heavy atom. The maximum atomic E-state index is 11.9. The number of nitrogens with zero attached hydrogens (tertiary/aromatic N) is 1. The van der Waals surface area contributed by atoms with E-state index in [0.717, 1.165) is 5.76 Å². The van der Waals surface area contributed by atoms with Crippen LogP contribution in [0.25, 0.3) is 0 Å². The quantitative estimate of drug-likeness (QED) is 0.331. The van der Waals surface area contributed by atoms with E-state index >= 15 is 0 Å². The first-order valence-electron chi connectivity index (χ1n) is 8.30. The van der Waals surface area contributed by atoms with Gasteiger partial charge in [-0.2, -0.15) is 0 Å². The van der Waals surface area contributed by atoms with E-state index in [2.05, 4.69) is 46.9 Å². The molecule has 0 radical (unpaired) electrons. The molecular formula is C19H27IN4O2. The zero-order chi connectivity index (χ0) is 18.1. The minimum atomic E-state index is -0.123. The highest BCUT2D eigenvalue weighted by molar-refractivity contribution is 14.0. The molecule has 1 aromatic heterocycles. The van der Waals surface area contributed by atoms with Gasteiger partial charge < -0.3 is 20.4 Å². The van der Waals surface area contributed by atoms with Crippen molar-refractivity contribution in [3.8, 4) is 0 Å². The van der Waals surface area contributed by atoms with Crippen LogP contribution in [0.5, 0.6) is 0 Å². The molecule has 0 aliphatic heterocycles. The lowest BCUT2D eigenvalue weighted by molar-refractivity contribution is -0.120. The van der Waals surface area contributed by atoms with Crippen LogP contribution >= 0.6 is 24.0 Å². The SMILES string of the molecule is CN=C(NCC(=O)NCc1ccco1)NCC(C)(C)c1ccccc1.I. The van der Waals surface area contributed by atoms with E-state index in [9.17, 15) is 4.79 Å². The van der Waals surface area contributed by atoms with Gasteiger partial charge in [-0.05, 0) is 17.7 Å². The minimum Gasteiger partial charge on any atom is -0.467 e. The predicted octanol–water partition coefficient (Wildman–Crippen LogP) is 2.66. The normalized spacial score (nSPS) is 11.4. The highest BCUT2D eigenvalue weighted by atomic mass is 127. The number of furan rings is 1. The summed E-state index contributed by atoms with van der Waals surface area (Å²) in [6.45, 7) is 5.55. The summed E-state index contributed by atoms with van der Waals surface area (Å²) in [6, 6.07) is 13.9. The molecule has 1 aromatic carbocycles. The summed E-state index contributed by atoms with van der Waals surface area (Å²) < 4.78 is 5.18. The lowest BCUT2D eigenvalue weighted by Crippen LogP contribution is -2.46. The number of halogens is 1. The third-order valence-corrected chi connectivity index (χ3v) is 3.93. The lowest BCUT2D eigenvalue weighted by atomic mass is 9.85. The Kier molecular flexibility index (Phi) is 9.18. The minimum absolute atomic E-state index is 0. The number of rotatable bonds is 7. The molecule has 0 aliphatic carbocycles. The summed E-state index contributed by atoms with van der Waals surface area (Å²) in [5, 5.41) is 9.08. The van der Waals surface area contributed by atoms with Gasteiger partial charge in [-0.25, -0.2) is 0 Å². The molecule has 0 fully saturated rings. The molecular weight excluding hydrogens is 443 g/mol. The van der Waals surface area contributed by atoms with Gasteiger partial charge in [0.05, 0.1) is 19.4 Å². The van der Waals surface area contributed by atoms with Crippen molar-refractivity contribution in [2.75, 3.05) is 20.1 Å². The zero-order valence-corrected chi connectivity index (χ0v) is 17.7. The van der Waals surface area contributed by atoms with Crippen LogP contribution in [0.4, 0.5) is 0 Å². The number of aliphatic imine (C=N–C) groups is 1. The standard InChI is InChI=1S/C19H26N4O2.HI/c1-19(2,15-8-5-4-6-9-15)14-23-18(20-3)22-13-17(24)21-12-16-10-7-11-25-16;/h4-11H,12-14H2,1-3H3,(H,21,24)(H2,20,22,23);1H. The fourth-order valence-corrected chi connectivity index (χ4v) is 2.34. The van der Waals surface area contributed by atoms with Crippen LogP contribution in [0.15, 0.2) is 58.1 Å². The summed E-state index contributed by atoms with van der Waals surface area (Å²) in [7, 11) is 1.69. The lowest BCUT2D eigenvalue weighted by Gasteiger charge is -2.26. The Balaban J connectivity index is 0.00000338. The summed E-state index contributed by atoms with van der Waals surface area (Å²) in [5.74, 6) is 1.19. The van der Waals surface area contributed by atoms with E-state index in [-0.39, 0.29) is 41.8 Å². The largest absolute Gasteiger partial charge is 0.467 e. The van der Waals surface area contributed by atoms with Gasteiger partial charge in [-0.1, -0.05) is 44.2 Å². The zero-order valence-electron chi connectivity index (χ0n) is 15.4. The Labute approximate surface area is 171 Å². The Hall–Kier alpha value is -2.03. The van der Waals surface area contributed by atoms with Gasteiger partial charge in [0.25, 0.3) is 0 Å². The topological polar surface area (TPSA) is 78.7 Å². The average Bonchev–Trinajstić information content (AvgIpc) is 3.14. The molecule has 0 aliphatic rings. The molecule has 2 rings (SSSR count). The number of carbonyl (C=O) groups is 1. The number of nitrogens with one attached hydrogen (secondary N) is 3. The van der Waals surface area contributed by atoms with Crippen LogP contribution < -0.4 is 16.0 Å². The fraction of sp³-hybridized carbons (Fsp3) is 0.368. The van der Waals surface area contributed by atoms with Crippen LogP contribution in [0.1, 0.15) is 25.2 Å². The summed E-state index contributed by atoms with van der Waals surface area (Å²) in [5.41, 5.74) is 1.19. The van der Waals surface area contributed by atoms with E-state index in [1.165, 1.54) is 5.56 Å². The van der Waals surface area contributed by atoms with Crippen molar-refractivity contribution in [2.45, 2.75) is 25.8 Å². The molecule has 0 bridgehead atoms. The summed E-state index contributed by atoms with van der Waals surface area (Å²) in [4.78, 5) is 16.0. The maximum Gasteiger partial charge on any atom is 0.239 e. The molecule has 0 saturated heterocycles. The number of hydrogen-bond donors (Lipinski definition) is 3. The second kappa shape index (κ2) is 10.8. The third kappa shape index (κ3) is 7.07. The Bertz CT molecular complexity index is 685. The van der Waals surface area contributed by atoms with Crippen LogP contribution in [0, 0.1) is 0 Å². The van der Waals surface area contributed by atoms with E-state index in [1.54, 1.807) is 19.4 Å². The molecule has 0 atom stereocenters. The van der Waals surface area contributed by atoms with Gasteiger partial charge in [-0.3, -0.25) is 9.79 Å². The van der Waals surface area contributed by atoms with E-state index in [4.69, 9.17) is 4.42 Å². The summed E-state index contributed by atoms with van der Waals surface area (Å²) in [6.07, 6.45) is 1.58. The second-order valence-corrected chi connectivity index (χ2v) is 6.39. The van der Waals surface area contributed by atoms with Crippen LogP contribution in [-0.4, -0.2) is 32.0 Å². The molecule has 1 heterocycles. The second-order valence-electron chi connectivity index (χ2n) is 6.39. The van der Waals surface area contributed by atoms with Crippen molar-refractivity contribution in [1.82, 2.24) is 16.0 Å². The Morgan fingerprint density at radius 2 is 1.81 bits per heavy atom. The van der Waals surface area contributed by atoms with Crippen LogP contribution in [0.2, 0.25) is 0 Å². The third-order valence-electron chi connectivity index (χ3n) is 3.93. The van der Waals surface area contributed by atoms with Gasteiger partial charge in [0, 0.05) is 19.0 Å². The van der Waals surface area contributed by atoms with Gasteiger partial charge in [0.1, 0.15) is 5.76 Å². The number of hydrogen-bond acceptors (Lipinski definition) is 3. The molecule has 3 N–H and O–H groups in total. The first kappa shape index (κ1) is 22.0. The summed E-state index contributed by atoms with van der Waals surface area (Å²) >= 11 is 0. The van der Waals surface area contributed by atoms with Gasteiger partial charge in [-0.15, -0.1) is 24.0 Å². The van der Waals surface area contributed by atoms with Crippen molar-refractivity contribution >= 4 is 35.8 Å². The Morgan fingerprint density at radius 3 is 2.42 bits per heavy atom. The highest BCUT2D eigenvalue weighted by Gasteiger charge is 2.20. The van der Waals surface area contributed by atoms with Crippen LogP contribution in [0.3, 0.4) is 0 Å². The molecule has 2 aromatic rings. The van der Waals surface area contributed by atoms with Crippen molar-refractivity contribution in [3.63, 3.8) is 0 Å². The number of amides is 1. The molecule has 26 heavy (non-hydrogen) atoms. The smallest absolute Gasteiger partial charge is 0.239 e. The van der Waals surface area contributed by atoms with Crippen molar-refractivity contribution in [2.24, 2.45) is 4.99 Å². The molecule has 6 nitrogen and oxygen atoms in total. The highest BCUT2D eigenvalue weighted by Crippen LogP contribution is 2.21. The first-order valence-corrected chi connectivity index (χ1v) is 8.30. The van der Waals surface area contributed by atoms with Crippen molar-refractivity contribution in [1.29, 1.82) is 0 Å². The molecule has 0 unspecified atom stereocenters. The molecule has 142 valence electrons. The van der Waals surface area contributed by atoms with Crippen LogP contribution in [-0.2, 0) is 16.8 Å². The fourth-order valence-electron chi connectivity index (χ4n) is 2.34. The molecule has 1 amide bonds. The number of guanidine groups is 1. The van der Waals surface area contributed by atoms with E-state index < -0.39 is 0 Å². The van der Waals surface area contributed by atoms with Gasteiger partial charge in [0.2, 0.25) is 5.91 Å². The monoisotopic (exact) mass is 470 g/mol. The van der Waals surface area contributed by atoms with E-state index in [1.807, 2.05) is 24.3 Å². The molecule has 7 heteroatoms. The van der Waals surface area contributed by atoms with Crippen molar-refractivity contribution < 1.29 is 9.21 Å². The molecule has 0 spiro atoms. The average molecular weight is 470 g/mol. The number of carbonyl (C=O) groups excluding carboxylic acids is 1. The number of benzene rings is 1. The van der Waals surface area contributed by atoms with Crippen molar-refractivity contribution in [3.05, 3.63) is 60.1 Å². The first-order chi connectivity index (χ1) is 12.0. The predicted molar refractivity (Wildman–Crippen MR) is 115 cm³/mol. The molecule has 0 saturated carbocycles. The van der Waals surface area contributed by atoms with Gasteiger partial charge in [0.15, 0.2) is 5.96 Å². The van der Waals surface area contributed by atoms with E-state index in [0.29, 0.717) is 19.0 Å².